The summed E-state index contributed by atoms with van der Waals surface area (Å²) in [6.45, 7) is 4.05. The first-order valence-electron chi connectivity index (χ1n) is 6.50. The van der Waals surface area contributed by atoms with Crippen molar-refractivity contribution in [1.29, 1.82) is 0 Å². The molecule has 1 rings (SSSR count). The lowest BCUT2D eigenvalue weighted by Crippen LogP contribution is -2.35. The molecule has 1 aromatic rings. The standard InChI is InChI=1S/C13H20N2O5S/c1-4-15(5-2)21(17,18)14-11-7-6-8-12(9-11)20-10-13(16)19-3/h6-9,14H,4-5,10H2,1-3H3. The first kappa shape index (κ1) is 17.3. The molecule has 0 aromatic heterocycles. The Morgan fingerprint density at radius 1 is 1.29 bits per heavy atom. The predicted molar refractivity (Wildman–Crippen MR) is 79.4 cm³/mol. The van der Waals surface area contributed by atoms with Crippen molar-refractivity contribution in [1.82, 2.24) is 4.31 Å². The van der Waals surface area contributed by atoms with E-state index in [0.717, 1.165) is 0 Å². The highest BCUT2D eigenvalue weighted by atomic mass is 32.2. The van der Waals surface area contributed by atoms with Crippen LogP contribution in [0.5, 0.6) is 5.75 Å². The van der Waals surface area contributed by atoms with E-state index in [1.807, 2.05) is 0 Å². The normalized spacial score (nSPS) is 11.2. The van der Waals surface area contributed by atoms with Gasteiger partial charge in [-0.25, -0.2) is 4.79 Å². The number of ether oxygens (including phenoxy) is 2. The third-order valence-corrected chi connectivity index (χ3v) is 4.40. The van der Waals surface area contributed by atoms with E-state index in [2.05, 4.69) is 9.46 Å². The molecule has 0 radical (unpaired) electrons. The maximum atomic E-state index is 12.1. The van der Waals surface area contributed by atoms with Crippen molar-refractivity contribution < 1.29 is 22.7 Å². The van der Waals surface area contributed by atoms with Gasteiger partial charge in [0.15, 0.2) is 6.61 Å². The first-order chi connectivity index (χ1) is 9.92. The Hall–Kier alpha value is -1.80. The number of benzene rings is 1. The topological polar surface area (TPSA) is 84.9 Å². The minimum absolute atomic E-state index is 0.233. The van der Waals surface area contributed by atoms with Gasteiger partial charge in [0.05, 0.1) is 12.8 Å². The summed E-state index contributed by atoms with van der Waals surface area (Å²) < 4.78 is 37.6. The van der Waals surface area contributed by atoms with E-state index < -0.39 is 16.2 Å². The minimum Gasteiger partial charge on any atom is -0.482 e. The van der Waals surface area contributed by atoms with Crippen LogP contribution in [0.15, 0.2) is 24.3 Å². The maximum Gasteiger partial charge on any atom is 0.343 e. The zero-order chi connectivity index (χ0) is 15.9. The SMILES string of the molecule is CCN(CC)S(=O)(=O)Nc1cccc(OCC(=O)OC)c1. The molecule has 0 unspecified atom stereocenters. The number of hydrogen-bond donors (Lipinski definition) is 1. The molecule has 0 aliphatic heterocycles. The van der Waals surface area contributed by atoms with Crippen LogP contribution >= 0.6 is 0 Å². The summed E-state index contributed by atoms with van der Waals surface area (Å²) in [7, 11) is -2.33. The van der Waals surface area contributed by atoms with E-state index in [1.165, 1.54) is 17.5 Å². The number of carbonyl (C=O) groups excluding carboxylic acids is 1. The minimum atomic E-state index is -3.59. The van der Waals surface area contributed by atoms with Gasteiger partial charge in [-0.2, -0.15) is 12.7 Å². The number of carbonyl (C=O) groups is 1. The number of anilines is 1. The van der Waals surface area contributed by atoms with Crippen molar-refractivity contribution in [2.24, 2.45) is 0 Å². The Kier molecular flexibility index (Phi) is 6.44. The second-order valence-electron chi connectivity index (χ2n) is 4.08. The summed E-state index contributed by atoms with van der Waals surface area (Å²) in [6.07, 6.45) is 0. The molecule has 0 atom stereocenters. The Labute approximate surface area is 125 Å². The summed E-state index contributed by atoms with van der Waals surface area (Å²) in [6, 6.07) is 6.36. The van der Waals surface area contributed by atoms with Crippen molar-refractivity contribution in [2.75, 3.05) is 31.5 Å². The Morgan fingerprint density at radius 2 is 1.95 bits per heavy atom. The number of rotatable bonds is 8. The molecule has 0 amide bonds. The molecule has 118 valence electrons. The van der Waals surface area contributed by atoms with Gasteiger partial charge >= 0.3 is 16.2 Å². The number of nitrogens with zero attached hydrogens (tertiary/aromatic N) is 1. The number of esters is 1. The van der Waals surface area contributed by atoms with Crippen LogP contribution < -0.4 is 9.46 Å². The van der Waals surface area contributed by atoms with Gasteiger partial charge in [0.25, 0.3) is 0 Å². The van der Waals surface area contributed by atoms with Crippen molar-refractivity contribution in [2.45, 2.75) is 13.8 Å². The van der Waals surface area contributed by atoms with Gasteiger partial charge < -0.3 is 9.47 Å². The maximum absolute atomic E-state index is 12.1. The molecule has 7 nitrogen and oxygen atoms in total. The number of nitrogens with one attached hydrogen (secondary N) is 1. The molecule has 0 heterocycles. The zero-order valence-electron chi connectivity index (χ0n) is 12.3. The molecule has 1 aromatic carbocycles. The Bertz CT molecular complexity index is 570. The van der Waals surface area contributed by atoms with Gasteiger partial charge in [0.2, 0.25) is 0 Å². The molecule has 1 N–H and O–H groups in total. The number of methoxy groups -OCH3 is 1. The van der Waals surface area contributed by atoms with Crippen LogP contribution in [-0.2, 0) is 19.7 Å². The second kappa shape index (κ2) is 7.84. The van der Waals surface area contributed by atoms with Crippen LogP contribution in [-0.4, -0.2) is 45.5 Å². The van der Waals surface area contributed by atoms with E-state index in [9.17, 15) is 13.2 Å². The van der Waals surface area contributed by atoms with Crippen LogP contribution in [0, 0.1) is 0 Å². The largest absolute Gasteiger partial charge is 0.482 e. The van der Waals surface area contributed by atoms with Crippen molar-refractivity contribution >= 4 is 21.9 Å². The fraction of sp³-hybridized carbons (Fsp3) is 0.462. The Morgan fingerprint density at radius 3 is 2.52 bits per heavy atom. The molecule has 21 heavy (non-hydrogen) atoms. The molecule has 0 saturated carbocycles. The molecule has 0 bridgehead atoms. The summed E-state index contributed by atoms with van der Waals surface area (Å²) in [4.78, 5) is 11.0. The predicted octanol–water partition coefficient (Wildman–Crippen LogP) is 1.24. The smallest absolute Gasteiger partial charge is 0.343 e. The van der Waals surface area contributed by atoms with E-state index in [1.54, 1.807) is 32.0 Å². The fourth-order valence-corrected chi connectivity index (χ4v) is 2.86. The van der Waals surface area contributed by atoms with Crippen molar-refractivity contribution in [3.8, 4) is 5.75 Å². The number of hydrogen-bond acceptors (Lipinski definition) is 5. The van der Waals surface area contributed by atoms with Crippen LogP contribution in [0.3, 0.4) is 0 Å². The third kappa shape index (κ3) is 5.24. The molecule has 0 spiro atoms. The zero-order valence-corrected chi connectivity index (χ0v) is 13.1. The van der Waals surface area contributed by atoms with Crippen molar-refractivity contribution in [3.05, 3.63) is 24.3 Å². The summed E-state index contributed by atoms with van der Waals surface area (Å²) in [5, 5.41) is 0. The molecular weight excluding hydrogens is 296 g/mol. The lowest BCUT2D eigenvalue weighted by molar-refractivity contribution is -0.142. The third-order valence-electron chi connectivity index (χ3n) is 2.71. The summed E-state index contributed by atoms with van der Waals surface area (Å²) in [5.41, 5.74) is 0.365. The highest BCUT2D eigenvalue weighted by molar-refractivity contribution is 7.90. The highest BCUT2D eigenvalue weighted by Crippen LogP contribution is 2.19. The van der Waals surface area contributed by atoms with E-state index in [-0.39, 0.29) is 6.61 Å². The Balaban J connectivity index is 2.79. The van der Waals surface area contributed by atoms with Crippen LogP contribution in [0.2, 0.25) is 0 Å². The molecule has 0 saturated heterocycles. The fourth-order valence-electron chi connectivity index (χ4n) is 1.63. The molecule has 0 aliphatic carbocycles. The van der Waals surface area contributed by atoms with Crippen LogP contribution in [0.1, 0.15) is 13.8 Å². The molecule has 0 aliphatic rings. The van der Waals surface area contributed by atoms with Crippen LogP contribution in [0.25, 0.3) is 0 Å². The molecular formula is C13H20N2O5S. The monoisotopic (exact) mass is 316 g/mol. The van der Waals surface area contributed by atoms with Gasteiger partial charge in [-0.15, -0.1) is 0 Å². The average molecular weight is 316 g/mol. The van der Waals surface area contributed by atoms with Gasteiger partial charge in [-0.1, -0.05) is 19.9 Å². The van der Waals surface area contributed by atoms with E-state index in [0.29, 0.717) is 24.5 Å². The lowest BCUT2D eigenvalue weighted by atomic mass is 10.3. The van der Waals surface area contributed by atoms with Crippen molar-refractivity contribution in [3.63, 3.8) is 0 Å². The average Bonchev–Trinajstić information content (AvgIpc) is 2.45. The molecule has 8 heteroatoms. The lowest BCUT2D eigenvalue weighted by Gasteiger charge is -2.19. The summed E-state index contributed by atoms with van der Waals surface area (Å²) in [5.74, 6) is -0.135. The highest BCUT2D eigenvalue weighted by Gasteiger charge is 2.18. The van der Waals surface area contributed by atoms with Gasteiger partial charge in [-0.05, 0) is 12.1 Å². The van der Waals surface area contributed by atoms with Crippen LogP contribution in [0.4, 0.5) is 5.69 Å². The quantitative estimate of drug-likeness (QED) is 0.729. The summed E-state index contributed by atoms with van der Waals surface area (Å²) >= 11 is 0. The second-order valence-corrected chi connectivity index (χ2v) is 5.75. The van der Waals surface area contributed by atoms with E-state index in [4.69, 9.17) is 4.74 Å². The molecule has 0 fully saturated rings. The van der Waals surface area contributed by atoms with E-state index >= 15 is 0 Å². The van der Waals surface area contributed by atoms with Gasteiger partial charge in [-0.3, -0.25) is 4.72 Å². The van der Waals surface area contributed by atoms with Gasteiger partial charge in [0.1, 0.15) is 5.75 Å². The van der Waals surface area contributed by atoms with Gasteiger partial charge in [0, 0.05) is 19.2 Å². The first-order valence-corrected chi connectivity index (χ1v) is 7.94.